The minimum Gasteiger partial charge on any atom is -0.319 e. The fourth-order valence-electron chi connectivity index (χ4n) is 3.95. The van der Waals surface area contributed by atoms with Crippen molar-refractivity contribution < 1.29 is 9.72 Å². The molecule has 0 radical (unpaired) electrons. The van der Waals surface area contributed by atoms with Crippen LogP contribution in [0.3, 0.4) is 0 Å². The molecule has 1 saturated heterocycles. The van der Waals surface area contributed by atoms with Gasteiger partial charge in [-0.2, -0.15) is 0 Å². The Hall–Kier alpha value is -1.95. The summed E-state index contributed by atoms with van der Waals surface area (Å²) in [5, 5.41) is 13.7. The van der Waals surface area contributed by atoms with Crippen molar-refractivity contribution >= 4 is 17.3 Å². The SMILES string of the molecule is O=C(CN1CC[C@@H]2CCCC[C@@H]2C1)Nc1ccccc1[N+](=O)[O-]. The van der Waals surface area contributed by atoms with E-state index in [-0.39, 0.29) is 17.3 Å². The van der Waals surface area contributed by atoms with Crippen LogP contribution in [0, 0.1) is 22.0 Å². The van der Waals surface area contributed by atoms with Gasteiger partial charge in [0.25, 0.3) is 5.69 Å². The highest BCUT2D eigenvalue weighted by molar-refractivity contribution is 5.94. The summed E-state index contributed by atoms with van der Waals surface area (Å²) in [5.41, 5.74) is 0.210. The van der Waals surface area contributed by atoms with Crippen molar-refractivity contribution in [3.63, 3.8) is 0 Å². The quantitative estimate of drug-likeness (QED) is 0.684. The first-order chi connectivity index (χ1) is 11.1. The Labute approximate surface area is 136 Å². The van der Waals surface area contributed by atoms with E-state index >= 15 is 0 Å². The van der Waals surface area contributed by atoms with E-state index < -0.39 is 4.92 Å². The van der Waals surface area contributed by atoms with Crippen LogP contribution >= 0.6 is 0 Å². The molecule has 23 heavy (non-hydrogen) atoms. The number of carbonyl (C=O) groups is 1. The number of anilines is 1. The number of para-hydroxylation sites is 2. The van der Waals surface area contributed by atoms with Crippen LogP contribution in [0.15, 0.2) is 24.3 Å². The zero-order valence-electron chi connectivity index (χ0n) is 13.2. The molecule has 2 aliphatic rings. The lowest BCUT2D eigenvalue weighted by atomic mass is 9.75. The van der Waals surface area contributed by atoms with Gasteiger partial charge in [0.2, 0.25) is 5.91 Å². The van der Waals surface area contributed by atoms with Gasteiger partial charge in [0, 0.05) is 12.6 Å². The molecule has 0 aromatic heterocycles. The summed E-state index contributed by atoms with van der Waals surface area (Å²) in [4.78, 5) is 25.0. The first kappa shape index (κ1) is 15.9. The van der Waals surface area contributed by atoms with Crippen molar-refractivity contribution in [2.24, 2.45) is 11.8 Å². The summed E-state index contributed by atoms with van der Waals surface area (Å²) < 4.78 is 0. The summed E-state index contributed by atoms with van der Waals surface area (Å²) in [6.45, 7) is 2.25. The highest BCUT2D eigenvalue weighted by atomic mass is 16.6. The van der Waals surface area contributed by atoms with Crippen LogP contribution in [0.25, 0.3) is 0 Å². The third-order valence-electron chi connectivity index (χ3n) is 5.12. The number of hydrogen-bond donors (Lipinski definition) is 1. The molecule has 0 bridgehead atoms. The highest BCUT2D eigenvalue weighted by Gasteiger charge is 2.31. The molecule has 0 spiro atoms. The summed E-state index contributed by atoms with van der Waals surface area (Å²) in [6, 6.07) is 6.27. The Morgan fingerprint density at radius 3 is 2.74 bits per heavy atom. The van der Waals surface area contributed by atoms with E-state index in [0.717, 1.165) is 24.9 Å². The topological polar surface area (TPSA) is 75.5 Å². The second-order valence-electron chi connectivity index (χ2n) is 6.65. The number of piperidine rings is 1. The van der Waals surface area contributed by atoms with E-state index in [1.54, 1.807) is 18.2 Å². The van der Waals surface area contributed by atoms with Crippen molar-refractivity contribution in [2.45, 2.75) is 32.1 Å². The van der Waals surface area contributed by atoms with Crippen LogP contribution in [0.2, 0.25) is 0 Å². The molecule has 6 nitrogen and oxygen atoms in total. The van der Waals surface area contributed by atoms with Gasteiger partial charge >= 0.3 is 0 Å². The molecule has 2 atom stereocenters. The molecule has 1 heterocycles. The average molecular weight is 317 g/mol. The lowest BCUT2D eigenvalue weighted by Crippen LogP contribution is -2.44. The van der Waals surface area contributed by atoms with Gasteiger partial charge in [0.15, 0.2) is 0 Å². The molecule has 1 amide bonds. The fraction of sp³-hybridized carbons (Fsp3) is 0.588. The molecule has 1 saturated carbocycles. The minimum atomic E-state index is -0.469. The first-order valence-electron chi connectivity index (χ1n) is 8.39. The molecular formula is C17H23N3O3. The third-order valence-corrected chi connectivity index (χ3v) is 5.12. The second kappa shape index (κ2) is 7.08. The number of benzene rings is 1. The Morgan fingerprint density at radius 1 is 1.22 bits per heavy atom. The molecule has 1 aliphatic carbocycles. The zero-order chi connectivity index (χ0) is 16.2. The van der Waals surface area contributed by atoms with Crippen LogP contribution in [0.5, 0.6) is 0 Å². The number of nitrogens with one attached hydrogen (secondary N) is 1. The zero-order valence-corrected chi connectivity index (χ0v) is 13.2. The van der Waals surface area contributed by atoms with E-state index in [9.17, 15) is 14.9 Å². The Morgan fingerprint density at radius 2 is 1.96 bits per heavy atom. The third kappa shape index (κ3) is 3.88. The Bertz CT molecular complexity index is 590. The molecule has 1 aromatic rings. The van der Waals surface area contributed by atoms with E-state index in [2.05, 4.69) is 10.2 Å². The number of rotatable bonds is 4. The van der Waals surface area contributed by atoms with Gasteiger partial charge in [-0.25, -0.2) is 0 Å². The number of hydrogen-bond acceptors (Lipinski definition) is 4. The normalized spacial score (nSPS) is 24.7. The number of carbonyl (C=O) groups excluding carboxylic acids is 1. The van der Waals surface area contributed by atoms with E-state index in [1.807, 2.05) is 0 Å². The predicted molar refractivity (Wildman–Crippen MR) is 88.2 cm³/mol. The van der Waals surface area contributed by atoms with Gasteiger partial charge in [0.05, 0.1) is 11.5 Å². The molecule has 6 heteroatoms. The van der Waals surface area contributed by atoms with Crippen LogP contribution in [-0.4, -0.2) is 35.4 Å². The van der Waals surface area contributed by atoms with Gasteiger partial charge in [-0.15, -0.1) is 0 Å². The maximum Gasteiger partial charge on any atom is 0.292 e. The lowest BCUT2D eigenvalue weighted by molar-refractivity contribution is -0.383. The van der Waals surface area contributed by atoms with Crippen molar-refractivity contribution in [1.29, 1.82) is 0 Å². The predicted octanol–water partition coefficient (Wildman–Crippen LogP) is 3.05. The molecule has 1 aromatic carbocycles. The van der Waals surface area contributed by atoms with E-state index in [1.165, 1.54) is 38.2 Å². The summed E-state index contributed by atoms with van der Waals surface area (Å²) >= 11 is 0. The Kier molecular flexibility index (Phi) is 4.91. The van der Waals surface area contributed by atoms with Gasteiger partial charge < -0.3 is 5.32 Å². The highest BCUT2D eigenvalue weighted by Crippen LogP contribution is 2.35. The number of nitro groups is 1. The summed E-state index contributed by atoms with van der Waals surface area (Å²) in [6.07, 6.45) is 6.42. The van der Waals surface area contributed by atoms with Crippen LogP contribution in [0.4, 0.5) is 11.4 Å². The molecule has 124 valence electrons. The van der Waals surface area contributed by atoms with Gasteiger partial charge in [0.1, 0.15) is 5.69 Å². The molecule has 1 aliphatic heterocycles. The largest absolute Gasteiger partial charge is 0.319 e. The molecule has 3 rings (SSSR count). The maximum absolute atomic E-state index is 12.2. The molecule has 0 unspecified atom stereocenters. The summed E-state index contributed by atoms with van der Waals surface area (Å²) in [5.74, 6) is 1.38. The number of fused-ring (bicyclic) bond motifs is 1. The molecule has 1 N–H and O–H groups in total. The smallest absolute Gasteiger partial charge is 0.292 e. The monoisotopic (exact) mass is 317 g/mol. The fourth-order valence-corrected chi connectivity index (χ4v) is 3.95. The van der Waals surface area contributed by atoms with Gasteiger partial charge in [-0.3, -0.25) is 19.8 Å². The minimum absolute atomic E-state index is 0.0631. The van der Waals surface area contributed by atoms with Crippen LogP contribution in [0.1, 0.15) is 32.1 Å². The number of nitro benzene ring substituents is 1. The van der Waals surface area contributed by atoms with Crippen molar-refractivity contribution in [3.8, 4) is 0 Å². The maximum atomic E-state index is 12.2. The van der Waals surface area contributed by atoms with Crippen molar-refractivity contribution in [3.05, 3.63) is 34.4 Å². The van der Waals surface area contributed by atoms with E-state index in [4.69, 9.17) is 0 Å². The van der Waals surface area contributed by atoms with Gasteiger partial charge in [-0.05, 0) is 37.3 Å². The van der Waals surface area contributed by atoms with Gasteiger partial charge in [-0.1, -0.05) is 31.4 Å². The molecule has 2 fully saturated rings. The number of amides is 1. The number of nitrogens with zero attached hydrogens (tertiary/aromatic N) is 2. The van der Waals surface area contributed by atoms with E-state index in [0.29, 0.717) is 6.54 Å². The standard InChI is InChI=1S/C17H23N3O3/c21-17(18-15-7-3-4-8-16(15)20(22)23)12-19-10-9-13-5-1-2-6-14(13)11-19/h3-4,7-8,13-14H,1-2,5-6,9-12H2,(H,18,21)/t13-,14+/m0/s1. The number of likely N-dealkylation sites (tertiary alicyclic amines) is 1. The van der Waals surface area contributed by atoms with Crippen molar-refractivity contribution in [1.82, 2.24) is 4.90 Å². The molecular weight excluding hydrogens is 294 g/mol. The van der Waals surface area contributed by atoms with Crippen LogP contribution < -0.4 is 5.32 Å². The summed E-state index contributed by atoms with van der Waals surface area (Å²) in [7, 11) is 0. The van der Waals surface area contributed by atoms with Crippen LogP contribution in [-0.2, 0) is 4.79 Å². The Balaban J connectivity index is 1.57. The second-order valence-corrected chi connectivity index (χ2v) is 6.65. The first-order valence-corrected chi connectivity index (χ1v) is 8.39. The van der Waals surface area contributed by atoms with Crippen molar-refractivity contribution in [2.75, 3.05) is 25.0 Å². The lowest BCUT2D eigenvalue weighted by Gasteiger charge is -2.41. The average Bonchev–Trinajstić information content (AvgIpc) is 2.55.